The fraction of sp³-hybridized carbons (Fsp3) is 0.409. The molecule has 0 spiro atoms. The van der Waals surface area contributed by atoms with Crippen LogP contribution in [0.4, 0.5) is 9.18 Å². The number of thiophene rings is 1. The molecule has 1 saturated heterocycles. The van der Waals surface area contributed by atoms with Crippen molar-refractivity contribution in [3.63, 3.8) is 0 Å². The Morgan fingerprint density at radius 1 is 1.23 bits per heavy atom. The molecule has 7 nitrogen and oxygen atoms in total. The molecule has 1 aromatic heterocycles. The molecular weight excluding hydrogens is 419 g/mol. The lowest BCUT2D eigenvalue weighted by atomic mass is 9.92. The van der Waals surface area contributed by atoms with Crippen molar-refractivity contribution in [2.24, 2.45) is 0 Å². The number of imide groups is 1. The lowest BCUT2D eigenvalue weighted by Gasteiger charge is -2.29. The van der Waals surface area contributed by atoms with Crippen LogP contribution in [0.1, 0.15) is 37.9 Å². The van der Waals surface area contributed by atoms with Gasteiger partial charge in [-0.25, -0.2) is 9.18 Å². The van der Waals surface area contributed by atoms with E-state index < -0.39 is 29.2 Å². The number of nitrogens with zero attached hydrogens (tertiary/aromatic N) is 2. The molecule has 166 valence electrons. The first-order valence-electron chi connectivity index (χ1n) is 10.2. The van der Waals surface area contributed by atoms with Crippen LogP contribution in [-0.4, -0.2) is 53.8 Å². The molecule has 1 aromatic carbocycles. The molecule has 1 aliphatic rings. The average molecular weight is 447 g/mol. The van der Waals surface area contributed by atoms with Gasteiger partial charge in [-0.3, -0.25) is 19.4 Å². The summed E-state index contributed by atoms with van der Waals surface area (Å²) in [4.78, 5) is 41.1. The van der Waals surface area contributed by atoms with Gasteiger partial charge in [0, 0.05) is 6.54 Å². The molecule has 0 radical (unpaired) electrons. The van der Waals surface area contributed by atoms with Crippen LogP contribution in [0.15, 0.2) is 41.1 Å². The molecule has 0 saturated carbocycles. The normalized spacial score (nSPS) is 19.6. The topological polar surface area (TPSA) is 81.8 Å². The van der Waals surface area contributed by atoms with Gasteiger partial charge < -0.3 is 10.6 Å². The number of nitrogens with one attached hydrogen (secondary N) is 2. The number of halogens is 1. The minimum atomic E-state index is -1.34. The summed E-state index contributed by atoms with van der Waals surface area (Å²) in [6.45, 7) is 7.33. The van der Waals surface area contributed by atoms with Crippen molar-refractivity contribution < 1.29 is 18.8 Å². The minimum Gasteiger partial charge on any atom is -0.353 e. The average Bonchev–Trinajstić information content (AvgIpc) is 3.35. The van der Waals surface area contributed by atoms with E-state index in [0.717, 1.165) is 23.6 Å². The molecule has 2 N–H and O–H groups in total. The Labute approximate surface area is 185 Å². The van der Waals surface area contributed by atoms with Crippen LogP contribution in [0.5, 0.6) is 0 Å². The first-order valence-corrected chi connectivity index (χ1v) is 11.2. The van der Waals surface area contributed by atoms with Crippen molar-refractivity contribution in [1.82, 2.24) is 20.4 Å². The zero-order chi connectivity index (χ0) is 22.6. The van der Waals surface area contributed by atoms with Gasteiger partial charge in [-0.2, -0.15) is 11.3 Å². The van der Waals surface area contributed by atoms with Crippen LogP contribution in [-0.2, 0) is 15.1 Å². The fourth-order valence-electron chi connectivity index (χ4n) is 3.82. The lowest BCUT2D eigenvalue weighted by molar-refractivity contribution is -0.134. The van der Waals surface area contributed by atoms with E-state index in [9.17, 15) is 18.8 Å². The van der Waals surface area contributed by atoms with Crippen molar-refractivity contribution in [1.29, 1.82) is 0 Å². The van der Waals surface area contributed by atoms with Crippen LogP contribution in [0.2, 0.25) is 0 Å². The van der Waals surface area contributed by atoms with Gasteiger partial charge in [-0.05, 0) is 60.1 Å². The molecule has 0 aliphatic carbocycles. The number of benzene rings is 1. The number of rotatable bonds is 9. The second kappa shape index (κ2) is 9.57. The first kappa shape index (κ1) is 22.9. The summed E-state index contributed by atoms with van der Waals surface area (Å²) in [6, 6.07) is 6.76. The van der Waals surface area contributed by atoms with Crippen LogP contribution < -0.4 is 10.6 Å². The SMILES string of the molecule is CCN(CC)C(CNC(=O)CN1C(=O)NC(C)(c2ccc(F)cc2)C1=O)c1ccsc1. The second-order valence-corrected chi connectivity index (χ2v) is 8.33. The smallest absolute Gasteiger partial charge is 0.325 e. The standard InChI is InChI=1S/C22H27FN4O3S/c1-4-26(5-2)18(15-10-11-31-14-15)12-24-19(28)13-27-20(29)22(3,25-21(27)30)16-6-8-17(23)9-7-16/h6-11,14,18H,4-5,12-13H2,1-3H3,(H,24,28)(H,25,30). The molecule has 1 fully saturated rings. The molecule has 1 aliphatic heterocycles. The Kier molecular flexibility index (Phi) is 7.07. The van der Waals surface area contributed by atoms with Crippen molar-refractivity contribution in [3.05, 3.63) is 58.0 Å². The van der Waals surface area contributed by atoms with E-state index in [2.05, 4.69) is 34.8 Å². The van der Waals surface area contributed by atoms with Crippen LogP contribution in [0, 0.1) is 5.82 Å². The van der Waals surface area contributed by atoms with Gasteiger partial charge in [0.2, 0.25) is 5.91 Å². The van der Waals surface area contributed by atoms with E-state index in [1.54, 1.807) is 18.3 Å². The van der Waals surface area contributed by atoms with Gasteiger partial charge >= 0.3 is 6.03 Å². The molecule has 4 amide bonds. The Hall–Kier alpha value is -2.78. The molecule has 9 heteroatoms. The summed E-state index contributed by atoms with van der Waals surface area (Å²) < 4.78 is 13.2. The predicted octanol–water partition coefficient (Wildman–Crippen LogP) is 2.85. The monoisotopic (exact) mass is 446 g/mol. The summed E-state index contributed by atoms with van der Waals surface area (Å²) in [5.74, 6) is -1.40. The van der Waals surface area contributed by atoms with Crippen molar-refractivity contribution in [2.75, 3.05) is 26.2 Å². The van der Waals surface area contributed by atoms with Crippen molar-refractivity contribution in [3.8, 4) is 0 Å². The molecule has 31 heavy (non-hydrogen) atoms. The van der Waals surface area contributed by atoms with Gasteiger partial charge in [-0.1, -0.05) is 26.0 Å². The number of likely N-dealkylation sites (N-methyl/N-ethyl adjacent to an activating group) is 1. The van der Waals surface area contributed by atoms with Crippen molar-refractivity contribution >= 4 is 29.2 Å². The highest BCUT2D eigenvalue weighted by molar-refractivity contribution is 7.08. The summed E-state index contributed by atoms with van der Waals surface area (Å²) in [6.07, 6.45) is 0. The fourth-order valence-corrected chi connectivity index (χ4v) is 4.52. The number of hydrogen-bond donors (Lipinski definition) is 2. The first-order chi connectivity index (χ1) is 14.8. The van der Waals surface area contributed by atoms with Gasteiger partial charge in [-0.15, -0.1) is 0 Å². The number of carbonyl (C=O) groups excluding carboxylic acids is 3. The predicted molar refractivity (Wildman–Crippen MR) is 117 cm³/mol. The highest BCUT2D eigenvalue weighted by atomic mass is 32.1. The second-order valence-electron chi connectivity index (χ2n) is 7.55. The van der Waals surface area contributed by atoms with Crippen molar-refractivity contribution in [2.45, 2.75) is 32.4 Å². The maximum Gasteiger partial charge on any atom is 0.325 e. The van der Waals surface area contributed by atoms with E-state index in [1.807, 2.05) is 11.4 Å². The highest BCUT2D eigenvalue weighted by Crippen LogP contribution is 2.29. The molecule has 0 bridgehead atoms. The third-order valence-electron chi connectivity index (χ3n) is 5.67. The maximum absolute atomic E-state index is 13.2. The molecule has 3 rings (SSSR count). The Bertz CT molecular complexity index is 931. The van der Waals surface area contributed by atoms with Crippen LogP contribution in [0.25, 0.3) is 0 Å². The Morgan fingerprint density at radius 3 is 2.48 bits per heavy atom. The number of hydrogen-bond acceptors (Lipinski definition) is 5. The lowest BCUT2D eigenvalue weighted by Crippen LogP contribution is -2.45. The summed E-state index contributed by atoms with van der Waals surface area (Å²) >= 11 is 1.60. The van der Waals surface area contributed by atoms with E-state index in [0.29, 0.717) is 12.1 Å². The zero-order valence-corrected chi connectivity index (χ0v) is 18.7. The van der Waals surface area contributed by atoms with Gasteiger partial charge in [0.1, 0.15) is 17.9 Å². The summed E-state index contributed by atoms with van der Waals surface area (Å²) in [5, 5.41) is 9.54. The molecule has 2 unspecified atom stereocenters. The largest absolute Gasteiger partial charge is 0.353 e. The summed E-state index contributed by atoms with van der Waals surface area (Å²) in [7, 11) is 0. The van der Waals surface area contributed by atoms with E-state index in [1.165, 1.54) is 24.3 Å². The van der Waals surface area contributed by atoms with E-state index >= 15 is 0 Å². The van der Waals surface area contributed by atoms with Crippen LogP contribution >= 0.6 is 11.3 Å². The zero-order valence-electron chi connectivity index (χ0n) is 17.9. The number of carbonyl (C=O) groups is 3. The maximum atomic E-state index is 13.2. The van der Waals surface area contributed by atoms with E-state index in [4.69, 9.17) is 0 Å². The number of amides is 4. The third kappa shape index (κ3) is 4.77. The van der Waals surface area contributed by atoms with Gasteiger partial charge in [0.25, 0.3) is 5.91 Å². The third-order valence-corrected chi connectivity index (χ3v) is 6.37. The minimum absolute atomic E-state index is 0.0118. The van der Waals surface area contributed by atoms with Gasteiger partial charge in [0.05, 0.1) is 6.04 Å². The molecule has 2 heterocycles. The Morgan fingerprint density at radius 2 is 1.90 bits per heavy atom. The molecule has 2 aromatic rings. The van der Waals surface area contributed by atoms with Crippen LogP contribution in [0.3, 0.4) is 0 Å². The quantitative estimate of drug-likeness (QED) is 0.581. The Balaban J connectivity index is 1.66. The molecular formula is C22H27FN4O3S. The van der Waals surface area contributed by atoms with E-state index in [-0.39, 0.29) is 12.6 Å². The number of urea groups is 1. The highest BCUT2D eigenvalue weighted by Gasteiger charge is 2.49. The van der Waals surface area contributed by atoms with Gasteiger partial charge in [0.15, 0.2) is 0 Å². The summed E-state index contributed by atoms with van der Waals surface area (Å²) in [5.41, 5.74) is 0.230. The molecule has 2 atom stereocenters.